The minimum Gasteiger partial charge on any atom is -0.383 e. The Morgan fingerprint density at radius 2 is 2.20 bits per heavy atom. The van der Waals surface area contributed by atoms with Gasteiger partial charge in [-0.05, 0) is 24.8 Å². The Balaban J connectivity index is 1.98. The van der Waals surface area contributed by atoms with Crippen molar-refractivity contribution in [2.24, 2.45) is 5.92 Å². The van der Waals surface area contributed by atoms with E-state index >= 15 is 0 Å². The maximum atomic E-state index is 12.0. The summed E-state index contributed by atoms with van der Waals surface area (Å²) >= 11 is 0. The first-order valence-corrected chi connectivity index (χ1v) is 7.18. The monoisotopic (exact) mass is 277 g/mol. The molecule has 1 N–H and O–H groups in total. The summed E-state index contributed by atoms with van der Waals surface area (Å²) in [7, 11) is 1.62. The van der Waals surface area contributed by atoms with E-state index in [1.165, 1.54) is 12.8 Å². The zero-order valence-electron chi connectivity index (χ0n) is 12.3. The van der Waals surface area contributed by atoms with Crippen molar-refractivity contribution in [1.82, 2.24) is 10.3 Å². The summed E-state index contributed by atoms with van der Waals surface area (Å²) < 4.78 is 4.92. The van der Waals surface area contributed by atoms with Gasteiger partial charge in [-0.15, -0.1) is 0 Å². The summed E-state index contributed by atoms with van der Waals surface area (Å²) in [4.78, 5) is 18.5. The van der Waals surface area contributed by atoms with Crippen molar-refractivity contribution >= 4 is 11.6 Å². The third-order valence-corrected chi connectivity index (χ3v) is 3.73. The highest BCUT2D eigenvalue weighted by Crippen LogP contribution is 2.22. The van der Waals surface area contributed by atoms with E-state index in [0.717, 1.165) is 24.7 Å². The molecule has 1 aromatic heterocycles. The Kier molecular flexibility index (Phi) is 5.35. The van der Waals surface area contributed by atoms with Gasteiger partial charge in [0.2, 0.25) is 0 Å². The molecule has 0 atom stereocenters. The SMILES string of the molecule is COCCNC(=O)c1cncc(N2CCC(C)CC2)c1. The second kappa shape index (κ2) is 7.24. The molecule has 1 fully saturated rings. The molecule has 0 bridgehead atoms. The van der Waals surface area contributed by atoms with E-state index in [1.54, 1.807) is 13.3 Å². The average Bonchev–Trinajstić information content (AvgIpc) is 2.48. The van der Waals surface area contributed by atoms with E-state index in [-0.39, 0.29) is 5.91 Å². The lowest BCUT2D eigenvalue weighted by Crippen LogP contribution is -2.33. The number of carbonyl (C=O) groups excluding carboxylic acids is 1. The number of ether oxygens (including phenoxy) is 1. The molecular weight excluding hydrogens is 254 g/mol. The van der Waals surface area contributed by atoms with Crippen LogP contribution in [0.2, 0.25) is 0 Å². The number of nitrogens with zero attached hydrogens (tertiary/aromatic N) is 2. The van der Waals surface area contributed by atoms with E-state index in [9.17, 15) is 4.79 Å². The van der Waals surface area contributed by atoms with Crippen LogP contribution in [0.3, 0.4) is 0 Å². The van der Waals surface area contributed by atoms with Crippen LogP contribution in [0.4, 0.5) is 5.69 Å². The smallest absolute Gasteiger partial charge is 0.253 e. The lowest BCUT2D eigenvalue weighted by molar-refractivity contribution is 0.0936. The van der Waals surface area contributed by atoms with Crippen molar-refractivity contribution in [2.45, 2.75) is 19.8 Å². The largest absolute Gasteiger partial charge is 0.383 e. The zero-order chi connectivity index (χ0) is 14.4. The maximum absolute atomic E-state index is 12.0. The predicted molar refractivity (Wildman–Crippen MR) is 79.1 cm³/mol. The van der Waals surface area contributed by atoms with Crippen molar-refractivity contribution in [2.75, 3.05) is 38.3 Å². The Hall–Kier alpha value is -1.62. The number of methoxy groups -OCH3 is 1. The molecule has 1 saturated heterocycles. The van der Waals surface area contributed by atoms with Crippen LogP contribution in [0.5, 0.6) is 0 Å². The van der Waals surface area contributed by atoms with Crippen LogP contribution < -0.4 is 10.2 Å². The van der Waals surface area contributed by atoms with Gasteiger partial charge in [0.05, 0.1) is 24.1 Å². The molecule has 1 aliphatic heterocycles. The molecule has 1 aliphatic rings. The topological polar surface area (TPSA) is 54.5 Å². The number of anilines is 1. The van der Waals surface area contributed by atoms with Crippen LogP contribution in [0.1, 0.15) is 30.1 Å². The number of rotatable bonds is 5. The van der Waals surface area contributed by atoms with Gasteiger partial charge >= 0.3 is 0 Å². The van der Waals surface area contributed by atoms with Crippen molar-refractivity contribution < 1.29 is 9.53 Å². The number of aromatic nitrogens is 1. The normalized spacial score (nSPS) is 16.2. The molecule has 0 unspecified atom stereocenters. The van der Waals surface area contributed by atoms with E-state index in [0.29, 0.717) is 18.7 Å². The third kappa shape index (κ3) is 3.93. The third-order valence-electron chi connectivity index (χ3n) is 3.73. The van der Waals surface area contributed by atoms with Crippen LogP contribution in [0, 0.1) is 5.92 Å². The van der Waals surface area contributed by atoms with Gasteiger partial charge in [-0.2, -0.15) is 0 Å². The van der Waals surface area contributed by atoms with E-state index in [1.807, 2.05) is 12.3 Å². The lowest BCUT2D eigenvalue weighted by Gasteiger charge is -2.32. The molecule has 1 aromatic rings. The second-order valence-electron chi connectivity index (χ2n) is 5.35. The molecule has 5 heteroatoms. The summed E-state index contributed by atoms with van der Waals surface area (Å²) in [6, 6.07) is 1.92. The highest BCUT2D eigenvalue weighted by Gasteiger charge is 2.17. The molecule has 2 heterocycles. The lowest BCUT2D eigenvalue weighted by atomic mass is 9.99. The van der Waals surface area contributed by atoms with Gasteiger partial charge in [0, 0.05) is 32.9 Å². The summed E-state index contributed by atoms with van der Waals surface area (Å²) in [5, 5.41) is 2.81. The average molecular weight is 277 g/mol. The first kappa shape index (κ1) is 14.8. The number of nitrogens with one attached hydrogen (secondary N) is 1. The van der Waals surface area contributed by atoms with Gasteiger partial charge in [-0.25, -0.2) is 0 Å². The molecule has 0 aliphatic carbocycles. The highest BCUT2D eigenvalue weighted by molar-refractivity contribution is 5.94. The Labute approximate surface area is 120 Å². The molecule has 0 radical (unpaired) electrons. The van der Waals surface area contributed by atoms with Crippen molar-refractivity contribution in [1.29, 1.82) is 0 Å². The molecule has 110 valence electrons. The number of hydrogen-bond donors (Lipinski definition) is 1. The van der Waals surface area contributed by atoms with Crippen molar-refractivity contribution in [3.63, 3.8) is 0 Å². The zero-order valence-corrected chi connectivity index (χ0v) is 12.3. The summed E-state index contributed by atoms with van der Waals surface area (Å²) in [5.41, 5.74) is 1.65. The van der Waals surface area contributed by atoms with Crippen LogP contribution in [-0.4, -0.2) is 44.2 Å². The number of carbonyl (C=O) groups is 1. The van der Waals surface area contributed by atoms with Gasteiger partial charge in [0.25, 0.3) is 5.91 Å². The fourth-order valence-corrected chi connectivity index (χ4v) is 2.36. The van der Waals surface area contributed by atoms with E-state index in [2.05, 4.69) is 22.1 Å². The van der Waals surface area contributed by atoms with Crippen LogP contribution in [-0.2, 0) is 4.74 Å². The van der Waals surface area contributed by atoms with E-state index < -0.39 is 0 Å². The Morgan fingerprint density at radius 3 is 2.90 bits per heavy atom. The molecule has 20 heavy (non-hydrogen) atoms. The van der Waals surface area contributed by atoms with E-state index in [4.69, 9.17) is 4.74 Å². The Bertz CT molecular complexity index is 442. The first-order chi connectivity index (χ1) is 9.70. The molecule has 0 spiro atoms. The summed E-state index contributed by atoms with van der Waals surface area (Å²) in [6.45, 7) is 5.40. The van der Waals surface area contributed by atoms with Gasteiger partial charge in [0.15, 0.2) is 0 Å². The summed E-state index contributed by atoms with van der Waals surface area (Å²) in [5.74, 6) is 0.696. The van der Waals surface area contributed by atoms with Crippen LogP contribution in [0.15, 0.2) is 18.5 Å². The maximum Gasteiger partial charge on any atom is 0.253 e. The minimum atomic E-state index is -0.0956. The van der Waals surface area contributed by atoms with Gasteiger partial charge in [-0.1, -0.05) is 6.92 Å². The van der Waals surface area contributed by atoms with Crippen LogP contribution in [0.25, 0.3) is 0 Å². The predicted octanol–water partition coefficient (Wildman–Crippen LogP) is 1.69. The standard InChI is InChI=1S/C15H23N3O2/c1-12-3-6-18(7-4-12)14-9-13(10-16-11-14)15(19)17-5-8-20-2/h9-12H,3-8H2,1-2H3,(H,17,19). The summed E-state index contributed by atoms with van der Waals surface area (Å²) in [6.07, 6.45) is 5.84. The quantitative estimate of drug-likeness (QED) is 0.832. The number of hydrogen-bond acceptors (Lipinski definition) is 4. The van der Waals surface area contributed by atoms with Crippen molar-refractivity contribution in [3.05, 3.63) is 24.0 Å². The first-order valence-electron chi connectivity index (χ1n) is 7.18. The van der Waals surface area contributed by atoms with Crippen LogP contribution >= 0.6 is 0 Å². The van der Waals surface area contributed by atoms with Crippen molar-refractivity contribution in [3.8, 4) is 0 Å². The number of piperidine rings is 1. The molecule has 0 aromatic carbocycles. The molecule has 2 rings (SSSR count). The minimum absolute atomic E-state index is 0.0956. The molecule has 0 saturated carbocycles. The molecular formula is C15H23N3O2. The fraction of sp³-hybridized carbons (Fsp3) is 0.600. The Morgan fingerprint density at radius 1 is 1.45 bits per heavy atom. The number of pyridine rings is 1. The fourth-order valence-electron chi connectivity index (χ4n) is 2.36. The molecule has 5 nitrogen and oxygen atoms in total. The molecule has 1 amide bonds. The highest BCUT2D eigenvalue weighted by atomic mass is 16.5. The van der Waals surface area contributed by atoms with Gasteiger partial charge < -0.3 is 15.0 Å². The van der Waals surface area contributed by atoms with Gasteiger partial charge in [-0.3, -0.25) is 9.78 Å². The van der Waals surface area contributed by atoms with Gasteiger partial charge in [0.1, 0.15) is 0 Å². The second-order valence-corrected chi connectivity index (χ2v) is 5.35. The number of amides is 1.